The van der Waals surface area contributed by atoms with Gasteiger partial charge in [-0.2, -0.15) is 0 Å². The molecular formula is C16H19NS2. The molecule has 0 atom stereocenters. The van der Waals surface area contributed by atoms with E-state index in [0.29, 0.717) is 0 Å². The molecule has 0 unspecified atom stereocenters. The minimum absolute atomic E-state index is 1.14. The number of thiophene rings is 1. The van der Waals surface area contributed by atoms with Gasteiger partial charge in [0.2, 0.25) is 0 Å². The summed E-state index contributed by atoms with van der Waals surface area (Å²) in [5, 5.41) is 2.16. The van der Waals surface area contributed by atoms with Gasteiger partial charge in [-0.25, -0.2) is 0 Å². The van der Waals surface area contributed by atoms with Crippen molar-refractivity contribution in [1.29, 1.82) is 0 Å². The summed E-state index contributed by atoms with van der Waals surface area (Å²) in [5.74, 6) is 1.23. The first-order valence-electron chi connectivity index (χ1n) is 6.87. The van der Waals surface area contributed by atoms with E-state index < -0.39 is 0 Å². The molecule has 19 heavy (non-hydrogen) atoms. The Hall–Kier alpha value is -0.770. The minimum atomic E-state index is 1.14. The van der Waals surface area contributed by atoms with Crippen molar-refractivity contribution in [3.05, 3.63) is 52.9 Å². The van der Waals surface area contributed by atoms with Gasteiger partial charge in [-0.3, -0.25) is 4.90 Å². The van der Waals surface area contributed by atoms with Gasteiger partial charge in [0.15, 0.2) is 0 Å². The second-order valence-corrected chi connectivity index (χ2v) is 7.27. The summed E-state index contributed by atoms with van der Waals surface area (Å²) in [7, 11) is 0. The summed E-state index contributed by atoms with van der Waals surface area (Å²) in [4.78, 5) is 2.59. The molecule has 3 heteroatoms. The van der Waals surface area contributed by atoms with Crippen LogP contribution in [-0.2, 0) is 13.0 Å². The molecular weight excluding hydrogens is 270 g/mol. The highest BCUT2D eigenvalue weighted by molar-refractivity contribution is 8.01. The molecule has 0 N–H and O–H groups in total. The molecule has 2 heterocycles. The second-order valence-electron chi connectivity index (χ2n) is 4.93. The van der Waals surface area contributed by atoms with Crippen LogP contribution in [0.2, 0.25) is 0 Å². The van der Waals surface area contributed by atoms with Gasteiger partial charge < -0.3 is 0 Å². The maximum Gasteiger partial charge on any atom is 0.0598 e. The van der Waals surface area contributed by atoms with Crippen molar-refractivity contribution >= 4 is 23.1 Å². The fourth-order valence-electron chi connectivity index (χ4n) is 2.55. The molecule has 0 amide bonds. The van der Waals surface area contributed by atoms with Crippen LogP contribution < -0.4 is 0 Å². The average Bonchev–Trinajstić information content (AvgIpc) is 2.97. The summed E-state index contributed by atoms with van der Waals surface area (Å²) in [6.45, 7) is 3.59. The second kappa shape index (κ2) is 6.60. The third kappa shape index (κ3) is 3.62. The predicted octanol–water partition coefficient (Wildman–Crippen LogP) is 4.29. The van der Waals surface area contributed by atoms with Crippen molar-refractivity contribution in [1.82, 2.24) is 4.90 Å². The Morgan fingerprint density at radius 3 is 2.84 bits per heavy atom. The molecule has 1 aromatic carbocycles. The van der Waals surface area contributed by atoms with Gasteiger partial charge in [0.1, 0.15) is 0 Å². The molecule has 1 aromatic heterocycles. The van der Waals surface area contributed by atoms with E-state index in [1.54, 1.807) is 5.56 Å². The van der Waals surface area contributed by atoms with E-state index in [-0.39, 0.29) is 0 Å². The first-order chi connectivity index (χ1) is 9.42. The molecule has 2 aromatic rings. The third-order valence-corrected chi connectivity index (χ3v) is 5.79. The molecule has 0 bridgehead atoms. The van der Waals surface area contributed by atoms with Gasteiger partial charge in [0.05, 0.1) is 4.21 Å². The SMILES string of the molecule is c1csc(SCCCN2CCc3ccccc3C2)c1. The van der Waals surface area contributed by atoms with Crippen LogP contribution in [0.4, 0.5) is 0 Å². The van der Waals surface area contributed by atoms with Gasteiger partial charge in [0, 0.05) is 18.8 Å². The maximum atomic E-state index is 2.59. The van der Waals surface area contributed by atoms with Crippen LogP contribution in [0.3, 0.4) is 0 Å². The normalized spacial score (nSPS) is 15.4. The van der Waals surface area contributed by atoms with E-state index in [4.69, 9.17) is 0 Å². The van der Waals surface area contributed by atoms with Crippen LogP contribution in [0.15, 0.2) is 46.0 Å². The van der Waals surface area contributed by atoms with E-state index in [1.807, 2.05) is 23.1 Å². The summed E-state index contributed by atoms with van der Waals surface area (Å²) < 4.78 is 1.45. The molecule has 0 spiro atoms. The monoisotopic (exact) mass is 289 g/mol. The zero-order valence-corrected chi connectivity index (χ0v) is 12.7. The Morgan fingerprint density at radius 1 is 1.11 bits per heavy atom. The molecule has 1 nitrogen and oxygen atoms in total. The Bertz CT molecular complexity index is 507. The van der Waals surface area contributed by atoms with Crippen molar-refractivity contribution in [2.45, 2.75) is 23.6 Å². The summed E-state index contributed by atoms with van der Waals surface area (Å²) in [6.07, 6.45) is 2.50. The van der Waals surface area contributed by atoms with Crippen molar-refractivity contribution in [2.24, 2.45) is 0 Å². The third-order valence-electron chi connectivity index (χ3n) is 3.57. The van der Waals surface area contributed by atoms with Gasteiger partial charge in [-0.05, 0) is 42.0 Å². The Kier molecular flexibility index (Phi) is 4.59. The lowest BCUT2D eigenvalue weighted by Gasteiger charge is -2.28. The number of hydrogen-bond acceptors (Lipinski definition) is 3. The summed E-state index contributed by atoms with van der Waals surface area (Å²) in [6, 6.07) is 13.2. The molecule has 1 aliphatic heterocycles. The molecule has 1 aliphatic rings. The zero-order chi connectivity index (χ0) is 12.9. The highest BCUT2D eigenvalue weighted by atomic mass is 32.2. The van der Waals surface area contributed by atoms with Crippen LogP contribution in [0.5, 0.6) is 0 Å². The van der Waals surface area contributed by atoms with Gasteiger partial charge >= 0.3 is 0 Å². The van der Waals surface area contributed by atoms with Crippen molar-refractivity contribution in [3.63, 3.8) is 0 Å². The van der Waals surface area contributed by atoms with Crippen LogP contribution >= 0.6 is 23.1 Å². The quantitative estimate of drug-likeness (QED) is 0.597. The first kappa shape index (κ1) is 13.2. The standard InChI is InChI=1S/C16H19NS2/c1-2-6-15-13-17(10-8-14(15)5-1)9-4-12-19-16-7-3-11-18-16/h1-3,5-7,11H,4,8-10,12-13H2. The highest BCUT2D eigenvalue weighted by Gasteiger charge is 2.14. The topological polar surface area (TPSA) is 3.24 Å². The van der Waals surface area contributed by atoms with Crippen LogP contribution in [0.1, 0.15) is 17.5 Å². The number of hydrogen-bond donors (Lipinski definition) is 0. The van der Waals surface area contributed by atoms with E-state index >= 15 is 0 Å². The van der Waals surface area contributed by atoms with Gasteiger partial charge in [-0.15, -0.1) is 23.1 Å². The minimum Gasteiger partial charge on any atom is -0.299 e. The number of thioether (sulfide) groups is 1. The van der Waals surface area contributed by atoms with Crippen molar-refractivity contribution < 1.29 is 0 Å². The van der Waals surface area contributed by atoms with Gasteiger partial charge in [-0.1, -0.05) is 30.3 Å². The molecule has 0 radical (unpaired) electrons. The maximum absolute atomic E-state index is 2.59. The lowest BCUT2D eigenvalue weighted by atomic mass is 10.00. The van der Waals surface area contributed by atoms with Crippen LogP contribution in [0, 0.1) is 0 Å². The molecule has 0 saturated heterocycles. The average molecular weight is 289 g/mol. The number of fused-ring (bicyclic) bond motifs is 1. The summed E-state index contributed by atoms with van der Waals surface area (Å²) in [5.41, 5.74) is 3.08. The highest BCUT2D eigenvalue weighted by Crippen LogP contribution is 2.24. The van der Waals surface area contributed by atoms with Crippen molar-refractivity contribution in [2.75, 3.05) is 18.8 Å². The number of rotatable bonds is 5. The number of benzene rings is 1. The Balaban J connectivity index is 1.42. The van der Waals surface area contributed by atoms with Crippen LogP contribution in [0.25, 0.3) is 0 Å². The van der Waals surface area contributed by atoms with Crippen LogP contribution in [-0.4, -0.2) is 23.7 Å². The lowest BCUT2D eigenvalue weighted by Crippen LogP contribution is -2.31. The molecule has 3 rings (SSSR count). The predicted molar refractivity (Wildman–Crippen MR) is 85.1 cm³/mol. The Labute approximate surface area is 123 Å². The molecule has 0 aliphatic carbocycles. The van der Waals surface area contributed by atoms with E-state index in [0.717, 1.165) is 6.54 Å². The fourth-order valence-corrected chi connectivity index (χ4v) is 4.34. The zero-order valence-electron chi connectivity index (χ0n) is 11.0. The van der Waals surface area contributed by atoms with E-state index in [2.05, 4.69) is 46.7 Å². The summed E-state index contributed by atoms with van der Waals surface area (Å²) >= 11 is 3.84. The van der Waals surface area contributed by atoms with Gasteiger partial charge in [0.25, 0.3) is 0 Å². The van der Waals surface area contributed by atoms with Crippen molar-refractivity contribution in [3.8, 4) is 0 Å². The largest absolute Gasteiger partial charge is 0.299 e. The van der Waals surface area contributed by atoms with E-state index in [1.165, 1.54) is 41.5 Å². The van der Waals surface area contributed by atoms with E-state index in [9.17, 15) is 0 Å². The molecule has 100 valence electrons. The smallest absolute Gasteiger partial charge is 0.0598 e. The molecule has 0 fully saturated rings. The fraction of sp³-hybridized carbons (Fsp3) is 0.375. The Morgan fingerprint density at radius 2 is 2.00 bits per heavy atom. The lowest BCUT2D eigenvalue weighted by molar-refractivity contribution is 0.255. The molecule has 0 saturated carbocycles. The first-order valence-corrected chi connectivity index (χ1v) is 8.74. The number of nitrogens with zero attached hydrogens (tertiary/aromatic N) is 1.